The molecule has 2 aromatic heterocycles. The number of aromatic nitrogens is 2. The van der Waals surface area contributed by atoms with Crippen LogP contribution in [0.1, 0.15) is 17.5 Å². The van der Waals surface area contributed by atoms with Crippen molar-refractivity contribution >= 4 is 16.9 Å². The third-order valence-corrected chi connectivity index (χ3v) is 4.45. The standard InChI is InChI=1S/C19H18FN3O/c1-12-8-17(20)18(21)10-15(12)14-9-16(13-2-6-24-7-3-13)19-22-4-5-23(19)11-14/h2,4-5,8-11H,3,6-7,21H2,1H3. The van der Waals surface area contributed by atoms with Gasteiger partial charge in [0.2, 0.25) is 0 Å². The van der Waals surface area contributed by atoms with Crippen LogP contribution in [0.5, 0.6) is 0 Å². The highest BCUT2D eigenvalue weighted by Gasteiger charge is 2.15. The maximum absolute atomic E-state index is 13.7. The normalized spacial score (nSPS) is 14.8. The van der Waals surface area contributed by atoms with Crippen molar-refractivity contribution in [1.82, 2.24) is 9.38 Å². The second kappa shape index (κ2) is 5.76. The first-order valence-electron chi connectivity index (χ1n) is 7.93. The number of fused-ring (bicyclic) bond motifs is 1. The number of imidazole rings is 1. The number of ether oxygens (including phenoxy) is 1. The Bertz CT molecular complexity index is 959. The smallest absolute Gasteiger partial charge is 0.146 e. The quantitative estimate of drug-likeness (QED) is 0.729. The number of anilines is 1. The molecule has 1 aliphatic rings. The molecule has 0 bridgehead atoms. The van der Waals surface area contributed by atoms with Gasteiger partial charge in [0.15, 0.2) is 0 Å². The summed E-state index contributed by atoms with van der Waals surface area (Å²) in [6.07, 6.45) is 8.67. The highest BCUT2D eigenvalue weighted by molar-refractivity contribution is 5.82. The molecule has 1 aromatic carbocycles. The molecule has 122 valence electrons. The summed E-state index contributed by atoms with van der Waals surface area (Å²) >= 11 is 0. The molecule has 0 radical (unpaired) electrons. The van der Waals surface area contributed by atoms with Crippen LogP contribution in [0.2, 0.25) is 0 Å². The number of hydrogen-bond donors (Lipinski definition) is 1. The van der Waals surface area contributed by atoms with E-state index in [1.807, 2.05) is 23.7 Å². The molecule has 0 saturated carbocycles. The van der Waals surface area contributed by atoms with E-state index in [4.69, 9.17) is 10.5 Å². The Morgan fingerprint density at radius 1 is 1.25 bits per heavy atom. The molecule has 3 aromatic rings. The number of aryl methyl sites for hydroxylation is 1. The second-order valence-corrected chi connectivity index (χ2v) is 6.04. The Morgan fingerprint density at radius 2 is 2.12 bits per heavy atom. The molecule has 0 fully saturated rings. The zero-order valence-corrected chi connectivity index (χ0v) is 13.4. The Kier molecular flexibility index (Phi) is 3.58. The largest absolute Gasteiger partial charge is 0.396 e. The van der Waals surface area contributed by atoms with Crippen LogP contribution >= 0.6 is 0 Å². The van der Waals surface area contributed by atoms with Crippen molar-refractivity contribution in [2.75, 3.05) is 18.9 Å². The van der Waals surface area contributed by atoms with Crippen molar-refractivity contribution < 1.29 is 9.13 Å². The van der Waals surface area contributed by atoms with Crippen LogP contribution < -0.4 is 5.73 Å². The van der Waals surface area contributed by atoms with Crippen molar-refractivity contribution in [2.24, 2.45) is 0 Å². The molecule has 4 nitrogen and oxygen atoms in total. The first kappa shape index (κ1) is 14.9. The van der Waals surface area contributed by atoms with Crippen LogP contribution in [0.3, 0.4) is 0 Å². The SMILES string of the molecule is Cc1cc(F)c(N)cc1-c1cc(C2=CCOCC2)c2nccn2c1. The van der Waals surface area contributed by atoms with Gasteiger partial charge < -0.3 is 14.9 Å². The summed E-state index contributed by atoms with van der Waals surface area (Å²) in [6, 6.07) is 5.29. The van der Waals surface area contributed by atoms with Gasteiger partial charge in [0.25, 0.3) is 0 Å². The summed E-state index contributed by atoms with van der Waals surface area (Å²) < 4.78 is 21.1. The van der Waals surface area contributed by atoms with Gasteiger partial charge in [0, 0.05) is 24.2 Å². The number of benzene rings is 1. The van der Waals surface area contributed by atoms with Crippen molar-refractivity contribution in [3.05, 3.63) is 59.8 Å². The van der Waals surface area contributed by atoms with E-state index in [1.165, 1.54) is 11.6 Å². The third kappa shape index (κ3) is 2.47. The van der Waals surface area contributed by atoms with E-state index in [2.05, 4.69) is 17.1 Å². The van der Waals surface area contributed by atoms with Gasteiger partial charge in [-0.05, 0) is 53.8 Å². The fourth-order valence-corrected chi connectivity index (χ4v) is 3.19. The molecule has 2 N–H and O–H groups in total. The Labute approximate surface area is 139 Å². The molecule has 0 amide bonds. The molecular formula is C19H18FN3O. The van der Waals surface area contributed by atoms with E-state index in [-0.39, 0.29) is 11.5 Å². The lowest BCUT2D eigenvalue weighted by atomic mass is 9.96. The van der Waals surface area contributed by atoms with E-state index in [1.54, 1.807) is 12.3 Å². The zero-order valence-electron chi connectivity index (χ0n) is 13.4. The first-order chi connectivity index (χ1) is 11.6. The van der Waals surface area contributed by atoms with E-state index in [0.29, 0.717) is 13.2 Å². The van der Waals surface area contributed by atoms with E-state index < -0.39 is 0 Å². The zero-order chi connectivity index (χ0) is 16.7. The molecule has 5 heteroatoms. The van der Waals surface area contributed by atoms with Crippen molar-refractivity contribution in [2.45, 2.75) is 13.3 Å². The monoisotopic (exact) mass is 323 g/mol. The fraction of sp³-hybridized carbons (Fsp3) is 0.211. The first-order valence-corrected chi connectivity index (χ1v) is 7.93. The maximum Gasteiger partial charge on any atom is 0.146 e. The van der Waals surface area contributed by atoms with Gasteiger partial charge in [-0.1, -0.05) is 6.08 Å². The van der Waals surface area contributed by atoms with Crippen LogP contribution in [-0.4, -0.2) is 22.6 Å². The summed E-state index contributed by atoms with van der Waals surface area (Å²) in [5, 5.41) is 0. The Morgan fingerprint density at radius 3 is 2.92 bits per heavy atom. The second-order valence-electron chi connectivity index (χ2n) is 6.04. The maximum atomic E-state index is 13.7. The van der Waals surface area contributed by atoms with Crippen molar-refractivity contribution in [1.29, 1.82) is 0 Å². The number of rotatable bonds is 2. The molecule has 4 rings (SSSR count). The summed E-state index contributed by atoms with van der Waals surface area (Å²) in [7, 11) is 0. The number of halogens is 1. The van der Waals surface area contributed by atoms with Gasteiger partial charge in [-0.2, -0.15) is 0 Å². The predicted octanol–water partition coefficient (Wildman–Crippen LogP) is 3.83. The average Bonchev–Trinajstić information content (AvgIpc) is 3.06. The number of nitrogen functional groups attached to an aromatic ring is 1. The highest BCUT2D eigenvalue weighted by atomic mass is 19.1. The molecule has 0 atom stereocenters. The van der Waals surface area contributed by atoms with E-state index in [0.717, 1.165) is 34.3 Å². The van der Waals surface area contributed by atoms with Gasteiger partial charge in [-0.25, -0.2) is 9.37 Å². The number of nitrogens with two attached hydrogens (primary N) is 1. The molecule has 0 aliphatic carbocycles. The van der Waals surface area contributed by atoms with Crippen LogP contribution in [-0.2, 0) is 4.74 Å². The number of hydrogen-bond acceptors (Lipinski definition) is 3. The van der Waals surface area contributed by atoms with E-state index >= 15 is 0 Å². The lowest BCUT2D eigenvalue weighted by molar-refractivity contribution is 0.161. The fourth-order valence-electron chi connectivity index (χ4n) is 3.19. The summed E-state index contributed by atoms with van der Waals surface area (Å²) in [5.41, 5.74) is 11.9. The van der Waals surface area contributed by atoms with Crippen molar-refractivity contribution in [3.8, 4) is 11.1 Å². The molecule has 1 aliphatic heterocycles. The van der Waals surface area contributed by atoms with Crippen LogP contribution in [0.15, 0.2) is 42.9 Å². The average molecular weight is 323 g/mol. The predicted molar refractivity (Wildman–Crippen MR) is 93.1 cm³/mol. The number of nitrogens with zero attached hydrogens (tertiary/aromatic N) is 2. The van der Waals surface area contributed by atoms with Crippen LogP contribution in [0.4, 0.5) is 10.1 Å². The lowest BCUT2D eigenvalue weighted by Gasteiger charge is -2.16. The highest BCUT2D eigenvalue weighted by Crippen LogP contribution is 2.32. The summed E-state index contributed by atoms with van der Waals surface area (Å²) in [5.74, 6) is -0.382. The molecule has 0 unspecified atom stereocenters. The minimum Gasteiger partial charge on any atom is -0.396 e. The lowest BCUT2D eigenvalue weighted by Crippen LogP contribution is -2.05. The van der Waals surface area contributed by atoms with Gasteiger partial charge >= 0.3 is 0 Å². The third-order valence-electron chi connectivity index (χ3n) is 4.45. The van der Waals surface area contributed by atoms with Gasteiger partial charge in [-0.15, -0.1) is 0 Å². The van der Waals surface area contributed by atoms with E-state index in [9.17, 15) is 4.39 Å². The van der Waals surface area contributed by atoms with Crippen LogP contribution in [0.25, 0.3) is 22.3 Å². The van der Waals surface area contributed by atoms with Gasteiger partial charge in [0.05, 0.1) is 18.9 Å². The molecule has 24 heavy (non-hydrogen) atoms. The van der Waals surface area contributed by atoms with Gasteiger partial charge in [-0.3, -0.25) is 0 Å². The minimum absolute atomic E-state index is 0.160. The summed E-state index contributed by atoms with van der Waals surface area (Å²) in [4.78, 5) is 4.48. The number of pyridine rings is 1. The molecule has 3 heterocycles. The topological polar surface area (TPSA) is 52.5 Å². The van der Waals surface area contributed by atoms with Crippen LogP contribution in [0, 0.1) is 12.7 Å². The van der Waals surface area contributed by atoms with Gasteiger partial charge in [0.1, 0.15) is 11.5 Å². The Hall–Kier alpha value is -2.66. The molecule has 0 spiro atoms. The minimum atomic E-state index is -0.382. The molecule has 0 saturated heterocycles. The Balaban J connectivity index is 1.94. The van der Waals surface area contributed by atoms with Crippen molar-refractivity contribution in [3.63, 3.8) is 0 Å². The molecular weight excluding hydrogens is 305 g/mol. The summed E-state index contributed by atoms with van der Waals surface area (Å²) in [6.45, 7) is 3.23.